The van der Waals surface area contributed by atoms with E-state index >= 15 is 0 Å². The van der Waals surface area contributed by atoms with Crippen molar-refractivity contribution in [3.8, 4) is 0 Å². The first-order valence-electron chi connectivity index (χ1n) is 8.79. The fraction of sp³-hybridized carbons (Fsp3) is 0.300. The van der Waals surface area contributed by atoms with Crippen molar-refractivity contribution in [2.45, 2.75) is 11.8 Å². The van der Waals surface area contributed by atoms with E-state index in [1.807, 2.05) is 44.1 Å². The van der Waals surface area contributed by atoms with E-state index in [4.69, 9.17) is 4.98 Å². The zero-order valence-electron chi connectivity index (χ0n) is 16.3. The summed E-state index contributed by atoms with van der Waals surface area (Å²) < 4.78 is 24.8. The highest BCUT2D eigenvalue weighted by molar-refractivity contribution is 7.90. The van der Waals surface area contributed by atoms with Crippen molar-refractivity contribution in [1.82, 2.24) is 9.88 Å². The summed E-state index contributed by atoms with van der Waals surface area (Å²) >= 11 is 1.46. The van der Waals surface area contributed by atoms with Gasteiger partial charge in [-0.25, -0.2) is 13.4 Å². The summed E-state index contributed by atoms with van der Waals surface area (Å²) in [5.41, 5.74) is 2.27. The number of benzene rings is 2. The van der Waals surface area contributed by atoms with Crippen molar-refractivity contribution in [1.29, 1.82) is 0 Å². The Bertz CT molecular complexity index is 1120. The van der Waals surface area contributed by atoms with Crippen LogP contribution in [0.4, 0.5) is 5.13 Å². The standard InChI is InChI=1S/C20H23N3O3S2/c1-14-7-5-10-17-18(14)21-20(27-17)23(12-11-22(2)3)19(24)15-8-6-9-16(13-15)28(4,25)26/h5-10,13H,11-12H2,1-4H3. The van der Waals surface area contributed by atoms with Gasteiger partial charge in [0.25, 0.3) is 5.91 Å². The molecule has 0 spiro atoms. The molecule has 8 heteroatoms. The number of thiazole rings is 1. The van der Waals surface area contributed by atoms with E-state index in [0.29, 0.717) is 23.8 Å². The molecule has 1 heterocycles. The lowest BCUT2D eigenvalue weighted by Crippen LogP contribution is -2.36. The zero-order chi connectivity index (χ0) is 20.5. The van der Waals surface area contributed by atoms with Gasteiger partial charge in [-0.3, -0.25) is 9.69 Å². The average molecular weight is 418 g/mol. The van der Waals surface area contributed by atoms with Gasteiger partial charge < -0.3 is 4.90 Å². The minimum absolute atomic E-state index is 0.131. The van der Waals surface area contributed by atoms with Crippen LogP contribution in [0.3, 0.4) is 0 Å². The lowest BCUT2D eigenvalue weighted by Gasteiger charge is -2.22. The molecular formula is C20H23N3O3S2. The lowest BCUT2D eigenvalue weighted by molar-refractivity contribution is 0.0985. The molecule has 1 aromatic heterocycles. The Balaban J connectivity index is 2.04. The topological polar surface area (TPSA) is 70.6 Å². The van der Waals surface area contributed by atoms with Gasteiger partial charge in [-0.1, -0.05) is 29.5 Å². The van der Waals surface area contributed by atoms with Crippen LogP contribution in [-0.4, -0.2) is 57.6 Å². The van der Waals surface area contributed by atoms with E-state index in [1.54, 1.807) is 17.0 Å². The molecular weight excluding hydrogens is 394 g/mol. The lowest BCUT2D eigenvalue weighted by atomic mass is 10.2. The van der Waals surface area contributed by atoms with E-state index in [0.717, 1.165) is 22.0 Å². The number of fused-ring (bicyclic) bond motifs is 1. The molecule has 2 aromatic carbocycles. The molecule has 0 N–H and O–H groups in total. The number of likely N-dealkylation sites (N-methyl/N-ethyl adjacent to an activating group) is 1. The maximum atomic E-state index is 13.3. The average Bonchev–Trinajstić information content (AvgIpc) is 3.06. The summed E-state index contributed by atoms with van der Waals surface area (Å²) in [4.78, 5) is 21.7. The molecule has 0 bridgehead atoms. The zero-order valence-corrected chi connectivity index (χ0v) is 18.0. The summed E-state index contributed by atoms with van der Waals surface area (Å²) in [6, 6.07) is 12.1. The third-order valence-corrected chi connectivity index (χ3v) is 6.52. The Labute approximate surface area is 169 Å². The molecule has 1 amide bonds. The molecule has 0 aliphatic rings. The highest BCUT2D eigenvalue weighted by Crippen LogP contribution is 2.31. The summed E-state index contributed by atoms with van der Waals surface area (Å²) in [7, 11) is 0.487. The minimum atomic E-state index is -3.39. The third kappa shape index (κ3) is 4.40. The van der Waals surface area contributed by atoms with Gasteiger partial charge in [0, 0.05) is 24.9 Å². The van der Waals surface area contributed by atoms with E-state index in [-0.39, 0.29) is 10.8 Å². The first-order valence-corrected chi connectivity index (χ1v) is 11.5. The Morgan fingerprint density at radius 2 is 1.82 bits per heavy atom. The summed E-state index contributed by atoms with van der Waals surface area (Å²) in [5, 5.41) is 0.612. The number of sulfone groups is 1. The number of aryl methyl sites for hydroxylation is 1. The van der Waals surface area contributed by atoms with Crippen LogP contribution < -0.4 is 4.90 Å². The summed E-state index contributed by atoms with van der Waals surface area (Å²) in [5.74, 6) is -0.260. The molecule has 0 unspecified atom stereocenters. The van der Waals surface area contributed by atoms with Crippen molar-refractivity contribution < 1.29 is 13.2 Å². The van der Waals surface area contributed by atoms with E-state index < -0.39 is 9.84 Å². The normalized spacial score (nSPS) is 11.9. The number of aromatic nitrogens is 1. The van der Waals surface area contributed by atoms with Crippen LogP contribution in [0.25, 0.3) is 10.2 Å². The van der Waals surface area contributed by atoms with Crippen molar-refractivity contribution in [2.75, 3.05) is 38.3 Å². The third-order valence-electron chi connectivity index (χ3n) is 4.37. The van der Waals surface area contributed by atoms with Crippen molar-refractivity contribution in [2.24, 2.45) is 0 Å². The van der Waals surface area contributed by atoms with Gasteiger partial charge in [0.15, 0.2) is 15.0 Å². The highest BCUT2D eigenvalue weighted by atomic mass is 32.2. The van der Waals surface area contributed by atoms with Crippen LogP contribution in [-0.2, 0) is 9.84 Å². The van der Waals surface area contributed by atoms with Crippen LogP contribution in [0.2, 0.25) is 0 Å². The van der Waals surface area contributed by atoms with Gasteiger partial charge in [0.05, 0.1) is 15.1 Å². The Morgan fingerprint density at radius 1 is 1.11 bits per heavy atom. The minimum Gasteiger partial charge on any atom is -0.308 e. The second-order valence-corrected chi connectivity index (χ2v) is 10.0. The van der Waals surface area contributed by atoms with Crippen molar-refractivity contribution in [3.63, 3.8) is 0 Å². The Morgan fingerprint density at radius 3 is 2.46 bits per heavy atom. The number of nitrogens with zero attached hydrogens (tertiary/aromatic N) is 3. The molecule has 3 aromatic rings. The second-order valence-electron chi connectivity index (χ2n) is 6.98. The van der Waals surface area contributed by atoms with Crippen LogP contribution in [0.15, 0.2) is 47.4 Å². The fourth-order valence-electron chi connectivity index (χ4n) is 2.79. The van der Waals surface area contributed by atoms with Gasteiger partial charge in [-0.2, -0.15) is 0 Å². The van der Waals surface area contributed by atoms with E-state index in [9.17, 15) is 13.2 Å². The SMILES string of the molecule is Cc1cccc2sc(N(CCN(C)C)C(=O)c3cccc(S(C)(=O)=O)c3)nc12. The fourth-order valence-corrected chi connectivity index (χ4v) is 4.52. The smallest absolute Gasteiger partial charge is 0.260 e. The Hall–Kier alpha value is -2.29. The van der Waals surface area contributed by atoms with Gasteiger partial charge in [-0.05, 0) is 50.8 Å². The number of hydrogen-bond donors (Lipinski definition) is 0. The number of rotatable bonds is 6. The number of para-hydroxylation sites is 1. The summed E-state index contributed by atoms with van der Waals surface area (Å²) in [6.45, 7) is 3.10. The van der Waals surface area contributed by atoms with Gasteiger partial charge in [-0.15, -0.1) is 0 Å². The number of hydrogen-bond acceptors (Lipinski definition) is 6. The molecule has 0 saturated carbocycles. The first kappa shape index (κ1) is 20.4. The maximum Gasteiger partial charge on any atom is 0.260 e. The Kier molecular flexibility index (Phi) is 5.83. The second kappa shape index (κ2) is 7.98. The number of carbonyl (C=O) groups excluding carboxylic acids is 1. The monoisotopic (exact) mass is 417 g/mol. The molecule has 0 atom stereocenters. The van der Waals surface area contributed by atoms with Crippen LogP contribution in [0.1, 0.15) is 15.9 Å². The van der Waals surface area contributed by atoms with Crippen molar-refractivity contribution in [3.05, 3.63) is 53.6 Å². The molecule has 3 rings (SSSR count). The highest BCUT2D eigenvalue weighted by Gasteiger charge is 2.23. The maximum absolute atomic E-state index is 13.3. The summed E-state index contributed by atoms with van der Waals surface area (Å²) in [6.07, 6.45) is 1.14. The van der Waals surface area contributed by atoms with E-state index in [1.165, 1.54) is 23.5 Å². The molecule has 6 nitrogen and oxygen atoms in total. The number of anilines is 1. The molecule has 28 heavy (non-hydrogen) atoms. The first-order chi connectivity index (χ1) is 13.2. The molecule has 148 valence electrons. The predicted molar refractivity (Wildman–Crippen MR) is 114 cm³/mol. The van der Waals surface area contributed by atoms with Crippen molar-refractivity contribution >= 4 is 42.4 Å². The molecule has 0 aliphatic carbocycles. The molecule has 0 radical (unpaired) electrons. The molecule has 0 aliphatic heterocycles. The van der Waals surface area contributed by atoms with Crippen LogP contribution >= 0.6 is 11.3 Å². The molecule has 0 fully saturated rings. The number of carbonyl (C=O) groups is 1. The quantitative estimate of drug-likeness (QED) is 0.616. The number of amides is 1. The van der Waals surface area contributed by atoms with Crippen LogP contribution in [0.5, 0.6) is 0 Å². The van der Waals surface area contributed by atoms with Crippen LogP contribution in [0, 0.1) is 6.92 Å². The van der Waals surface area contributed by atoms with Gasteiger partial charge in [0.1, 0.15) is 0 Å². The van der Waals surface area contributed by atoms with Gasteiger partial charge >= 0.3 is 0 Å². The van der Waals surface area contributed by atoms with Gasteiger partial charge in [0.2, 0.25) is 0 Å². The largest absolute Gasteiger partial charge is 0.308 e. The van der Waals surface area contributed by atoms with E-state index in [2.05, 4.69) is 0 Å². The predicted octanol–water partition coefficient (Wildman–Crippen LogP) is 3.22. The molecule has 0 saturated heterocycles.